The number of aryl methyl sites for hydroxylation is 1. The van der Waals surface area contributed by atoms with E-state index in [4.69, 9.17) is 5.11 Å². The lowest BCUT2D eigenvalue weighted by Gasteiger charge is -1.99. The Morgan fingerprint density at radius 3 is 2.55 bits per heavy atom. The molecule has 0 spiro atoms. The summed E-state index contributed by atoms with van der Waals surface area (Å²) >= 11 is 0. The Hall–Kier alpha value is -1.45. The number of nitrogens with zero attached hydrogens (tertiary/aromatic N) is 2. The number of aromatic carboxylic acids is 1. The third-order valence-electron chi connectivity index (χ3n) is 1.54. The standard InChI is InChI=1S/C7H8N2O2/c1-4-5(2)8-3-9-6(4)7(10)11/h3H,1-2H3,(H,10,11). The van der Waals surface area contributed by atoms with Gasteiger partial charge in [-0.25, -0.2) is 14.8 Å². The first-order valence-electron chi connectivity index (χ1n) is 3.14. The molecule has 0 bridgehead atoms. The summed E-state index contributed by atoms with van der Waals surface area (Å²) in [6.45, 7) is 3.45. The predicted molar refractivity (Wildman–Crippen MR) is 38.5 cm³/mol. The molecule has 0 aromatic carbocycles. The van der Waals surface area contributed by atoms with Gasteiger partial charge in [0.2, 0.25) is 0 Å². The molecule has 0 amide bonds. The van der Waals surface area contributed by atoms with Crippen molar-refractivity contribution < 1.29 is 9.90 Å². The minimum Gasteiger partial charge on any atom is -0.477 e. The maximum atomic E-state index is 10.5. The van der Waals surface area contributed by atoms with Crippen molar-refractivity contribution in [3.8, 4) is 0 Å². The average Bonchev–Trinajstić information content (AvgIpc) is 1.94. The molecule has 1 rings (SSSR count). The summed E-state index contributed by atoms with van der Waals surface area (Å²) < 4.78 is 0. The highest BCUT2D eigenvalue weighted by Gasteiger charge is 2.09. The lowest BCUT2D eigenvalue weighted by atomic mass is 10.2. The zero-order chi connectivity index (χ0) is 8.43. The van der Waals surface area contributed by atoms with Gasteiger partial charge in [-0.1, -0.05) is 0 Å². The fourth-order valence-corrected chi connectivity index (χ4v) is 0.754. The van der Waals surface area contributed by atoms with E-state index < -0.39 is 5.97 Å². The van der Waals surface area contributed by atoms with Gasteiger partial charge in [-0.2, -0.15) is 0 Å². The minimum atomic E-state index is -1.01. The number of hydrogen-bond acceptors (Lipinski definition) is 3. The molecule has 0 saturated heterocycles. The van der Waals surface area contributed by atoms with Crippen LogP contribution in [0.3, 0.4) is 0 Å². The van der Waals surface area contributed by atoms with Crippen LogP contribution >= 0.6 is 0 Å². The Balaban J connectivity index is 3.27. The summed E-state index contributed by atoms with van der Waals surface area (Å²) in [6.07, 6.45) is 1.26. The van der Waals surface area contributed by atoms with Crippen molar-refractivity contribution in [2.75, 3.05) is 0 Å². The van der Waals surface area contributed by atoms with Crippen molar-refractivity contribution in [2.45, 2.75) is 13.8 Å². The largest absolute Gasteiger partial charge is 0.477 e. The number of carboxylic acid groups (broad SMARTS) is 1. The lowest BCUT2D eigenvalue weighted by molar-refractivity contribution is 0.0689. The molecule has 4 heteroatoms. The molecular formula is C7H8N2O2. The van der Waals surface area contributed by atoms with Gasteiger partial charge in [0.25, 0.3) is 0 Å². The van der Waals surface area contributed by atoms with Crippen LogP contribution in [0.15, 0.2) is 6.33 Å². The first kappa shape index (κ1) is 7.65. The second-order valence-electron chi connectivity index (χ2n) is 2.24. The van der Waals surface area contributed by atoms with Crippen LogP contribution in [0.5, 0.6) is 0 Å². The molecule has 1 heterocycles. The van der Waals surface area contributed by atoms with Gasteiger partial charge >= 0.3 is 5.97 Å². The third kappa shape index (κ3) is 1.34. The second kappa shape index (κ2) is 2.65. The maximum absolute atomic E-state index is 10.5. The lowest BCUT2D eigenvalue weighted by Crippen LogP contribution is -2.05. The fourth-order valence-electron chi connectivity index (χ4n) is 0.754. The number of rotatable bonds is 1. The molecule has 58 valence electrons. The van der Waals surface area contributed by atoms with E-state index in [1.807, 2.05) is 0 Å². The summed E-state index contributed by atoms with van der Waals surface area (Å²) in [5.74, 6) is -1.01. The first-order valence-corrected chi connectivity index (χ1v) is 3.14. The number of aromatic nitrogens is 2. The van der Waals surface area contributed by atoms with E-state index >= 15 is 0 Å². The Kier molecular flexibility index (Phi) is 1.85. The molecule has 1 N–H and O–H groups in total. The molecule has 11 heavy (non-hydrogen) atoms. The summed E-state index contributed by atoms with van der Waals surface area (Å²) in [4.78, 5) is 18.0. The predicted octanol–water partition coefficient (Wildman–Crippen LogP) is 0.792. The average molecular weight is 152 g/mol. The van der Waals surface area contributed by atoms with E-state index in [0.717, 1.165) is 0 Å². The highest BCUT2D eigenvalue weighted by molar-refractivity contribution is 5.87. The van der Waals surface area contributed by atoms with Crippen molar-refractivity contribution in [3.05, 3.63) is 23.3 Å². The molecule has 0 saturated carbocycles. The smallest absolute Gasteiger partial charge is 0.354 e. The van der Waals surface area contributed by atoms with Crippen molar-refractivity contribution in [2.24, 2.45) is 0 Å². The quantitative estimate of drug-likeness (QED) is 0.646. The van der Waals surface area contributed by atoms with Gasteiger partial charge in [0.15, 0.2) is 5.69 Å². The fraction of sp³-hybridized carbons (Fsp3) is 0.286. The highest BCUT2D eigenvalue weighted by atomic mass is 16.4. The van der Waals surface area contributed by atoms with E-state index in [1.54, 1.807) is 13.8 Å². The first-order chi connectivity index (χ1) is 5.13. The molecule has 1 aromatic heterocycles. The Labute approximate surface area is 63.9 Å². The Morgan fingerprint density at radius 2 is 2.09 bits per heavy atom. The topological polar surface area (TPSA) is 63.1 Å². The number of carboxylic acids is 1. The zero-order valence-corrected chi connectivity index (χ0v) is 6.33. The summed E-state index contributed by atoms with van der Waals surface area (Å²) in [6, 6.07) is 0. The molecule has 0 aliphatic heterocycles. The number of hydrogen-bond donors (Lipinski definition) is 1. The minimum absolute atomic E-state index is 0.0810. The van der Waals surface area contributed by atoms with E-state index in [9.17, 15) is 4.79 Å². The van der Waals surface area contributed by atoms with E-state index in [-0.39, 0.29) is 5.69 Å². The van der Waals surface area contributed by atoms with Crippen molar-refractivity contribution in [3.63, 3.8) is 0 Å². The van der Waals surface area contributed by atoms with Gasteiger partial charge in [0.1, 0.15) is 6.33 Å². The summed E-state index contributed by atoms with van der Waals surface area (Å²) in [5, 5.41) is 8.60. The van der Waals surface area contributed by atoms with Crippen LogP contribution < -0.4 is 0 Å². The Bertz CT molecular complexity index is 296. The van der Waals surface area contributed by atoms with Crippen LogP contribution in [-0.4, -0.2) is 21.0 Å². The van der Waals surface area contributed by atoms with Crippen molar-refractivity contribution >= 4 is 5.97 Å². The SMILES string of the molecule is Cc1ncnc(C(=O)O)c1C. The normalized spacial score (nSPS) is 9.64. The molecule has 0 aliphatic rings. The molecule has 1 aromatic rings. The van der Waals surface area contributed by atoms with Crippen LogP contribution in [0.1, 0.15) is 21.7 Å². The zero-order valence-electron chi connectivity index (χ0n) is 6.33. The van der Waals surface area contributed by atoms with Gasteiger partial charge in [0.05, 0.1) is 0 Å². The van der Waals surface area contributed by atoms with Gasteiger partial charge in [0, 0.05) is 11.3 Å². The van der Waals surface area contributed by atoms with Crippen molar-refractivity contribution in [1.29, 1.82) is 0 Å². The van der Waals surface area contributed by atoms with Crippen LogP contribution in [0.2, 0.25) is 0 Å². The van der Waals surface area contributed by atoms with Gasteiger partial charge in [-0.15, -0.1) is 0 Å². The van der Waals surface area contributed by atoms with Crippen LogP contribution in [-0.2, 0) is 0 Å². The van der Waals surface area contributed by atoms with Gasteiger partial charge in [-0.3, -0.25) is 0 Å². The van der Waals surface area contributed by atoms with E-state index in [0.29, 0.717) is 11.3 Å². The number of carbonyl (C=O) groups is 1. The van der Waals surface area contributed by atoms with Crippen LogP contribution in [0.25, 0.3) is 0 Å². The van der Waals surface area contributed by atoms with Crippen molar-refractivity contribution in [1.82, 2.24) is 9.97 Å². The molecule has 0 radical (unpaired) electrons. The van der Waals surface area contributed by atoms with Gasteiger partial charge in [-0.05, 0) is 13.8 Å². The maximum Gasteiger partial charge on any atom is 0.354 e. The third-order valence-corrected chi connectivity index (χ3v) is 1.54. The second-order valence-corrected chi connectivity index (χ2v) is 2.24. The van der Waals surface area contributed by atoms with E-state index in [1.165, 1.54) is 6.33 Å². The molecule has 0 aliphatic carbocycles. The highest BCUT2D eigenvalue weighted by Crippen LogP contribution is 2.05. The molecular weight excluding hydrogens is 144 g/mol. The molecule has 0 fully saturated rings. The van der Waals surface area contributed by atoms with Gasteiger partial charge < -0.3 is 5.11 Å². The Morgan fingerprint density at radius 1 is 1.45 bits per heavy atom. The monoisotopic (exact) mass is 152 g/mol. The van der Waals surface area contributed by atoms with Crippen LogP contribution in [0.4, 0.5) is 0 Å². The summed E-state index contributed by atoms with van der Waals surface area (Å²) in [7, 11) is 0. The van der Waals surface area contributed by atoms with E-state index in [2.05, 4.69) is 9.97 Å². The molecule has 0 unspecified atom stereocenters. The molecule has 4 nitrogen and oxygen atoms in total. The van der Waals surface area contributed by atoms with Crippen LogP contribution in [0, 0.1) is 13.8 Å². The molecule has 0 atom stereocenters. The summed E-state index contributed by atoms with van der Waals surface area (Å²) in [5.41, 5.74) is 1.41.